The summed E-state index contributed by atoms with van der Waals surface area (Å²) in [6.07, 6.45) is 2.16. The Labute approximate surface area is 220 Å². The molecule has 1 aliphatic heterocycles. The third-order valence-corrected chi connectivity index (χ3v) is 9.24. The number of phenolic OH excluding ortho intramolecular Hbond substituents is 1. The summed E-state index contributed by atoms with van der Waals surface area (Å²) in [7, 11) is 0. The van der Waals surface area contributed by atoms with Gasteiger partial charge in [0.1, 0.15) is 11.7 Å². The van der Waals surface area contributed by atoms with Crippen molar-refractivity contribution in [3.8, 4) is 11.5 Å². The fraction of sp³-hybridized carbons (Fsp3) is 0.467. The third kappa shape index (κ3) is 3.36. The molecule has 3 aliphatic carbocycles. The average Bonchev–Trinajstić information content (AvgIpc) is 3.26. The van der Waals surface area contributed by atoms with E-state index in [1.165, 1.54) is 6.92 Å². The number of phenols is 1. The van der Waals surface area contributed by atoms with E-state index in [0.717, 1.165) is 17.5 Å². The van der Waals surface area contributed by atoms with Gasteiger partial charge in [0.2, 0.25) is 0 Å². The van der Waals surface area contributed by atoms with Crippen LogP contribution >= 0.6 is 0 Å². The molecule has 1 fully saturated rings. The van der Waals surface area contributed by atoms with Crippen LogP contribution in [0.5, 0.6) is 11.5 Å². The van der Waals surface area contributed by atoms with Gasteiger partial charge in [-0.2, -0.15) is 0 Å². The van der Waals surface area contributed by atoms with Crippen molar-refractivity contribution in [3.63, 3.8) is 0 Å². The molecule has 38 heavy (non-hydrogen) atoms. The SMILES string of the molecule is CC1CCC23c4c5ccc(O)c4OC2C(OC(=O)[C@H](C)OC(=O)[C@@H](CO)c2ccccc2)=CC[C@@]3(O)[C@H]1C5. The first-order valence-electron chi connectivity index (χ1n) is 13.2. The molecule has 0 saturated heterocycles. The molecule has 2 aromatic carbocycles. The van der Waals surface area contributed by atoms with Gasteiger partial charge in [0.05, 0.1) is 17.6 Å². The van der Waals surface area contributed by atoms with E-state index in [1.807, 2.05) is 6.07 Å². The monoisotopic (exact) mass is 520 g/mol. The summed E-state index contributed by atoms with van der Waals surface area (Å²) >= 11 is 0. The highest BCUT2D eigenvalue weighted by atomic mass is 16.6. The molecular formula is C30H32O8. The van der Waals surface area contributed by atoms with Gasteiger partial charge in [-0.25, -0.2) is 4.79 Å². The lowest BCUT2D eigenvalue weighted by Gasteiger charge is -2.61. The Hall–Kier alpha value is -3.36. The maximum absolute atomic E-state index is 13.1. The lowest BCUT2D eigenvalue weighted by atomic mass is 9.45. The minimum absolute atomic E-state index is 0.00382. The Morgan fingerprint density at radius 2 is 1.92 bits per heavy atom. The maximum Gasteiger partial charge on any atom is 0.352 e. The number of aliphatic hydroxyl groups is 2. The van der Waals surface area contributed by atoms with Gasteiger partial charge in [-0.1, -0.05) is 43.3 Å². The van der Waals surface area contributed by atoms with Crippen molar-refractivity contribution in [2.24, 2.45) is 11.8 Å². The van der Waals surface area contributed by atoms with Crippen LogP contribution < -0.4 is 4.74 Å². The number of hydrogen-bond acceptors (Lipinski definition) is 8. The number of aromatic hydroxyl groups is 1. The first-order chi connectivity index (χ1) is 18.2. The van der Waals surface area contributed by atoms with Gasteiger partial charge in [-0.15, -0.1) is 0 Å². The molecule has 1 heterocycles. The second-order valence-electron chi connectivity index (χ2n) is 11.1. The zero-order chi connectivity index (χ0) is 26.8. The first-order valence-corrected chi connectivity index (χ1v) is 13.2. The Morgan fingerprint density at radius 3 is 2.66 bits per heavy atom. The number of rotatable bonds is 6. The van der Waals surface area contributed by atoms with E-state index in [4.69, 9.17) is 14.2 Å². The van der Waals surface area contributed by atoms with Crippen molar-refractivity contribution < 1.29 is 39.1 Å². The summed E-state index contributed by atoms with van der Waals surface area (Å²) in [5.74, 6) is -1.54. The van der Waals surface area contributed by atoms with E-state index in [0.29, 0.717) is 30.1 Å². The van der Waals surface area contributed by atoms with E-state index >= 15 is 0 Å². The van der Waals surface area contributed by atoms with Gasteiger partial charge < -0.3 is 29.5 Å². The standard InChI is InChI=1S/C30H32O8/c1-16-10-12-29-24-19-8-9-22(32)25(24)38-26(29)23(11-13-30(29,35)21(16)14-19)37-27(33)17(2)36-28(34)20(15-31)18-6-4-3-5-7-18/h3-9,11,16-17,20-21,26,31-32,35H,10,12-15H2,1-2H3/t16?,17-,20-,21-,26?,29?,30+/m0/s1. The van der Waals surface area contributed by atoms with Crippen molar-refractivity contribution in [2.45, 2.75) is 68.7 Å². The molecule has 8 nitrogen and oxygen atoms in total. The molecule has 2 bridgehead atoms. The molecule has 1 spiro atoms. The van der Waals surface area contributed by atoms with E-state index in [-0.39, 0.29) is 23.8 Å². The second-order valence-corrected chi connectivity index (χ2v) is 11.1. The van der Waals surface area contributed by atoms with Crippen LogP contribution in [0.15, 0.2) is 54.3 Å². The second kappa shape index (κ2) is 8.85. The predicted octanol–water partition coefficient (Wildman–Crippen LogP) is 3.26. The third-order valence-electron chi connectivity index (χ3n) is 9.24. The zero-order valence-corrected chi connectivity index (χ0v) is 21.4. The Morgan fingerprint density at radius 1 is 1.16 bits per heavy atom. The molecule has 0 radical (unpaired) electrons. The number of esters is 2. The Bertz CT molecular complexity index is 1320. The number of carbonyl (C=O) groups excluding carboxylic acids is 2. The van der Waals surface area contributed by atoms with Crippen LogP contribution in [0.25, 0.3) is 0 Å². The van der Waals surface area contributed by atoms with Crippen molar-refractivity contribution in [1.29, 1.82) is 0 Å². The highest BCUT2D eigenvalue weighted by Crippen LogP contribution is 2.68. The molecule has 0 aromatic heterocycles. The summed E-state index contributed by atoms with van der Waals surface area (Å²) in [4.78, 5) is 25.9. The minimum Gasteiger partial charge on any atom is -0.504 e. The van der Waals surface area contributed by atoms with E-state index in [9.17, 15) is 24.9 Å². The lowest BCUT2D eigenvalue weighted by molar-refractivity contribution is -0.177. The molecule has 8 heteroatoms. The summed E-state index contributed by atoms with van der Waals surface area (Å²) in [6.45, 7) is 3.12. The first kappa shape index (κ1) is 24.9. The van der Waals surface area contributed by atoms with E-state index in [1.54, 1.807) is 42.5 Å². The molecule has 7 atom stereocenters. The van der Waals surface area contributed by atoms with Gasteiger partial charge in [0.25, 0.3) is 0 Å². The number of benzene rings is 2. The average molecular weight is 521 g/mol. The number of hydrogen-bond donors (Lipinski definition) is 3. The number of aliphatic hydroxyl groups excluding tert-OH is 1. The molecular weight excluding hydrogens is 488 g/mol. The van der Waals surface area contributed by atoms with E-state index < -0.39 is 47.7 Å². The molecule has 1 saturated carbocycles. The highest BCUT2D eigenvalue weighted by Gasteiger charge is 2.72. The van der Waals surface area contributed by atoms with Crippen LogP contribution in [0.4, 0.5) is 0 Å². The van der Waals surface area contributed by atoms with Crippen LogP contribution in [0.3, 0.4) is 0 Å². The summed E-state index contributed by atoms with van der Waals surface area (Å²) in [5.41, 5.74) is 0.514. The lowest BCUT2D eigenvalue weighted by Crippen LogP contribution is -2.69. The molecule has 2 aromatic rings. The Kier molecular flexibility index (Phi) is 5.81. The fourth-order valence-corrected chi connectivity index (χ4v) is 7.32. The molecule has 0 amide bonds. The topological polar surface area (TPSA) is 123 Å². The van der Waals surface area contributed by atoms with Gasteiger partial charge >= 0.3 is 11.9 Å². The van der Waals surface area contributed by atoms with Gasteiger partial charge in [0, 0.05) is 5.56 Å². The maximum atomic E-state index is 13.1. The molecule has 3 N–H and O–H groups in total. The van der Waals surface area contributed by atoms with Crippen molar-refractivity contribution >= 4 is 11.9 Å². The highest BCUT2D eigenvalue weighted by molar-refractivity contribution is 5.83. The molecule has 4 aliphatic rings. The van der Waals surface area contributed by atoms with Crippen LogP contribution in [0.1, 0.15) is 55.7 Å². The molecule has 6 rings (SSSR count). The van der Waals surface area contributed by atoms with Crippen LogP contribution in [0.2, 0.25) is 0 Å². The fourth-order valence-electron chi connectivity index (χ4n) is 7.32. The smallest absolute Gasteiger partial charge is 0.352 e. The quantitative estimate of drug-likeness (QED) is 0.496. The van der Waals surface area contributed by atoms with Crippen molar-refractivity contribution in [2.75, 3.05) is 6.61 Å². The largest absolute Gasteiger partial charge is 0.504 e. The predicted molar refractivity (Wildman–Crippen MR) is 135 cm³/mol. The zero-order valence-electron chi connectivity index (χ0n) is 21.4. The van der Waals surface area contributed by atoms with Crippen molar-refractivity contribution in [1.82, 2.24) is 0 Å². The van der Waals surface area contributed by atoms with Gasteiger partial charge in [-0.3, -0.25) is 4.79 Å². The van der Waals surface area contributed by atoms with Crippen LogP contribution in [-0.4, -0.2) is 51.7 Å². The normalized spacial score (nSPS) is 31.8. The molecule has 200 valence electrons. The van der Waals surface area contributed by atoms with Crippen molar-refractivity contribution in [3.05, 3.63) is 71.0 Å². The van der Waals surface area contributed by atoms with Gasteiger partial charge in [-0.05, 0) is 67.7 Å². The number of carbonyl (C=O) groups is 2. The van der Waals surface area contributed by atoms with Gasteiger partial charge in [0.15, 0.2) is 23.7 Å². The van der Waals surface area contributed by atoms with E-state index in [2.05, 4.69) is 6.92 Å². The molecule has 3 unspecified atom stereocenters. The van der Waals surface area contributed by atoms with Crippen LogP contribution in [0, 0.1) is 11.8 Å². The summed E-state index contributed by atoms with van der Waals surface area (Å²) in [5, 5.41) is 32.6. The van der Waals surface area contributed by atoms with Crippen LogP contribution in [-0.2, 0) is 30.9 Å². The minimum atomic E-state index is -1.24. The summed E-state index contributed by atoms with van der Waals surface area (Å²) < 4.78 is 17.5. The Balaban J connectivity index is 1.26. The number of ether oxygens (including phenoxy) is 3. The summed E-state index contributed by atoms with van der Waals surface area (Å²) in [6, 6.07) is 12.2.